The van der Waals surface area contributed by atoms with E-state index >= 15 is 0 Å². The number of methoxy groups -OCH3 is 1. The van der Waals surface area contributed by atoms with Crippen LogP contribution in [-0.2, 0) is 19.7 Å². The first-order valence-corrected chi connectivity index (χ1v) is 8.39. The van der Waals surface area contributed by atoms with Gasteiger partial charge in [-0.1, -0.05) is 0 Å². The van der Waals surface area contributed by atoms with E-state index < -0.39 is 22.2 Å². The van der Waals surface area contributed by atoms with Crippen LogP contribution in [0.5, 0.6) is 0 Å². The molecule has 0 radical (unpaired) electrons. The number of hydrogen-bond donors (Lipinski definition) is 1. The van der Waals surface area contributed by atoms with Gasteiger partial charge in [0, 0.05) is 26.7 Å². The smallest absolute Gasteiger partial charge is 0.322 e. The number of nitrogens with zero attached hydrogens (tertiary/aromatic N) is 2. The van der Waals surface area contributed by atoms with Gasteiger partial charge in [-0.25, -0.2) is 0 Å². The van der Waals surface area contributed by atoms with Gasteiger partial charge in [0.15, 0.2) is 0 Å². The fourth-order valence-corrected chi connectivity index (χ4v) is 4.77. The monoisotopic (exact) mass is 306 g/mol. The molecule has 116 valence electrons. The van der Waals surface area contributed by atoms with Gasteiger partial charge in [0.25, 0.3) is 10.2 Å². The molecular formula is C12H22N2O5S. The van der Waals surface area contributed by atoms with Crippen LogP contribution in [0.15, 0.2) is 0 Å². The third-order valence-electron chi connectivity index (χ3n) is 4.04. The summed E-state index contributed by atoms with van der Waals surface area (Å²) in [6.07, 6.45) is 3.32. The maximum Gasteiger partial charge on any atom is 0.322 e. The van der Waals surface area contributed by atoms with Gasteiger partial charge in [-0.15, -0.1) is 0 Å². The second-order valence-corrected chi connectivity index (χ2v) is 7.21. The number of carbonyl (C=O) groups is 1. The lowest BCUT2D eigenvalue weighted by atomic mass is 10.1. The number of ether oxygens (including phenoxy) is 1. The Labute approximate surface area is 119 Å². The number of aliphatic carboxylic acids is 1. The molecule has 2 fully saturated rings. The van der Waals surface area contributed by atoms with Crippen molar-refractivity contribution in [3.63, 3.8) is 0 Å². The van der Waals surface area contributed by atoms with Gasteiger partial charge >= 0.3 is 5.97 Å². The molecule has 0 saturated carbocycles. The van der Waals surface area contributed by atoms with Crippen molar-refractivity contribution in [2.24, 2.45) is 0 Å². The van der Waals surface area contributed by atoms with E-state index in [0.717, 1.165) is 23.6 Å². The Hall–Kier alpha value is -0.700. The summed E-state index contributed by atoms with van der Waals surface area (Å²) in [5.74, 6) is -1.06. The third kappa shape index (κ3) is 3.13. The molecule has 0 bridgehead atoms. The molecule has 8 heteroatoms. The summed E-state index contributed by atoms with van der Waals surface area (Å²) >= 11 is 0. The second kappa shape index (κ2) is 6.38. The first-order chi connectivity index (χ1) is 9.46. The van der Waals surface area contributed by atoms with Crippen LogP contribution in [0.3, 0.4) is 0 Å². The first kappa shape index (κ1) is 15.7. The van der Waals surface area contributed by atoms with Crippen molar-refractivity contribution in [1.29, 1.82) is 0 Å². The van der Waals surface area contributed by atoms with E-state index in [1.807, 2.05) is 0 Å². The van der Waals surface area contributed by atoms with Crippen LogP contribution in [0.1, 0.15) is 32.1 Å². The summed E-state index contributed by atoms with van der Waals surface area (Å²) in [5, 5.41) is 9.22. The molecule has 20 heavy (non-hydrogen) atoms. The standard InChI is InChI=1S/C12H22N2O5S/c1-19-10-5-4-7-13(9-10)20(17,18)14-8-3-2-6-11(14)12(15)16/h10-11H,2-9H2,1H3,(H,15,16). The predicted octanol–water partition coefficient (Wildman–Crippen LogP) is 0.281. The lowest BCUT2D eigenvalue weighted by Gasteiger charge is -2.38. The molecule has 2 aliphatic heterocycles. The van der Waals surface area contributed by atoms with Crippen molar-refractivity contribution in [2.75, 3.05) is 26.7 Å². The molecule has 1 N–H and O–H groups in total. The van der Waals surface area contributed by atoms with Gasteiger partial charge < -0.3 is 9.84 Å². The summed E-state index contributed by atoms with van der Waals surface area (Å²) in [4.78, 5) is 11.3. The van der Waals surface area contributed by atoms with Crippen molar-refractivity contribution in [3.8, 4) is 0 Å². The van der Waals surface area contributed by atoms with Crippen LogP contribution in [-0.4, -0.2) is 67.0 Å². The zero-order chi connectivity index (χ0) is 14.8. The van der Waals surface area contributed by atoms with Crippen molar-refractivity contribution >= 4 is 16.2 Å². The molecule has 0 aromatic carbocycles. The Morgan fingerprint density at radius 3 is 2.60 bits per heavy atom. The van der Waals surface area contributed by atoms with Gasteiger partial charge in [-0.05, 0) is 32.1 Å². The van der Waals surface area contributed by atoms with Crippen LogP contribution in [0.25, 0.3) is 0 Å². The highest BCUT2D eigenvalue weighted by Gasteiger charge is 2.41. The molecule has 0 aromatic rings. The average molecular weight is 306 g/mol. The lowest BCUT2D eigenvalue weighted by Crippen LogP contribution is -2.55. The number of piperidine rings is 2. The first-order valence-electron chi connectivity index (χ1n) is 6.99. The van der Waals surface area contributed by atoms with Crippen LogP contribution in [0, 0.1) is 0 Å². The third-order valence-corrected chi connectivity index (χ3v) is 6.05. The highest BCUT2D eigenvalue weighted by atomic mass is 32.2. The molecule has 2 rings (SSSR count). The second-order valence-electron chi connectivity index (χ2n) is 5.33. The van der Waals surface area contributed by atoms with Gasteiger partial charge in [-0.2, -0.15) is 17.0 Å². The van der Waals surface area contributed by atoms with Crippen LogP contribution in [0.4, 0.5) is 0 Å². The summed E-state index contributed by atoms with van der Waals surface area (Å²) in [6.45, 7) is 1.03. The van der Waals surface area contributed by atoms with Crippen molar-refractivity contribution in [3.05, 3.63) is 0 Å². The quantitative estimate of drug-likeness (QED) is 0.806. The molecule has 7 nitrogen and oxygen atoms in total. The minimum atomic E-state index is -3.72. The van der Waals surface area contributed by atoms with Crippen molar-refractivity contribution in [1.82, 2.24) is 8.61 Å². The van der Waals surface area contributed by atoms with Gasteiger partial charge in [0.2, 0.25) is 0 Å². The number of rotatable bonds is 4. The number of carboxylic acids is 1. The van der Waals surface area contributed by atoms with E-state index in [1.54, 1.807) is 7.11 Å². The topological polar surface area (TPSA) is 87.2 Å². The Morgan fingerprint density at radius 2 is 1.95 bits per heavy atom. The highest BCUT2D eigenvalue weighted by Crippen LogP contribution is 2.25. The van der Waals surface area contributed by atoms with Crippen LogP contribution >= 0.6 is 0 Å². The van der Waals surface area contributed by atoms with Gasteiger partial charge in [0.05, 0.1) is 6.10 Å². The van der Waals surface area contributed by atoms with Gasteiger partial charge in [0.1, 0.15) is 6.04 Å². The SMILES string of the molecule is COC1CCCN(S(=O)(=O)N2CCCCC2C(=O)O)C1. The molecule has 0 aliphatic carbocycles. The predicted molar refractivity (Wildman–Crippen MR) is 72.5 cm³/mol. The molecule has 2 heterocycles. The summed E-state index contributed by atoms with van der Waals surface area (Å²) < 4.78 is 33.1. The maximum absolute atomic E-state index is 12.6. The normalized spacial score (nSPS) is 30.2. The molecule has 2 unspecified atom stereocenters. The van der Waals surface area contributed by atoms with E-state index in [-0.39, 0.29) is 12.6 Å². The summed E-state index contributed by atoms with van der Waals surface area (Å²) in [6, 6.07) is -0.934. The number of hydrogen-bond acceptors (Lipinski definition) is 4. The molecule has 2 atom stereocenters. The van der Waals surface area contributed by atoms with Gasteiger partial charge in [-0.3, -0.25) is 4.79 Å². The Bertz CT molecular complexity index is 453. The van der Waals surface area contributed by atoms with E-state index in [1.165, 1.54) is 4.31 Å². The Balaban J connectivity index is 2.17. The lowest BCUT2D eigenvalue weighted by molar-refractivity contribution is -0.142. The Morgan fingerprint density at radius 1 is 1.20 bits per heavy atom. The molecular weight excluding hydrogens is 284 g/mol. The fourth-order valence-electron chi connectivity index (χ4n) is 2.88. The molecule has 2 saturated heterocycles. The number of carboxylic acid groups (broad SMARTS) is 1. The van der Waals surface area contributed by atoms with E-state index in [0.29, 0.717) is 25.9 Å². The highest BCUT2D eigenvalue weighted by molar-refractivity contribution is 7.86. The van der Waals surface area contributed by atoms with Crippen molar-refractivity contribution < 1.29 is 23.1 Å². The molecule has 0 spiro atoms. The summed E-state index contributed by atoms with van der Waals surface area (Å²) in [5.41, 5.74) is 0. The van der Waals surface area contributed by atoms with E-state index in [4.69, 9.17) is 4.74 Å². The largest absolute Gasteiger partial charge is 0.480 e. The van der Waals surface area contributed by atoms with E-state index in [2.05, 4.69) is 0 Å². The van der Waals surface area contributed by atoms with Crippen molar-refractivity contribution in [2.45, 2.75) is 44.2 Å². The minimum absolute atomic E-state index is 0.105. The zero-order valence-corrected chi connectivity index (χ0v) is 12.5. The minimum Gasteiger partial charge on any atom is -0.480 e. The molecule has 0 amide bonds. The van der Waals surface area contributed by atoms with Crippen LogP contribution < -0.4 is 0 Å². The maximum atomic E-state index is 12.6. The average Bonchev–Trinajstić information content (AvgIpc) is 2.47. The van der Waals surface area contributed by atoms with E-state index in [9.17, 15) is 18.3 Å². The Kier molecular flexibility index (Phi) is 5.00. The molecule has 2 aliphatic rings. The van der Waals surface area contributed by atoms with Crippen LogP contribution in [0.2, 0.25) is 0 Å². The zero-order valence-electron chi connectivity index (χ0n) is 11.7. The fraction of sp³-hybridized carbons (Fsp3) is 0.917. The molecule has 0 aromatic heterocycles. The summed E-state index contributed by atoms with van der Waals surface area (Å²) in [7, 11) is -2.15.